The summed E-state index contributed by atoms with van der Waals surface area (Å²) in [5.74, 6) is 0. The van der Waals surface area contributed by atoms with E-state index in [1.165, 1.54) is 11.5 Å². The minimum atomic E-state index is 0.874. The van der Waals surface area contributed by atoms with Crippen molar-refractivity contribution in [1.82, 2.24) is 19.1 Å². The average molecular weight is 180 g/mol. The number of rotatable bonds is 1. The molecule has 12 heavy (non-hydrogen) atoms. The summed E-state index contributed by atoms with van der Waals surface area (Å²) in [4.78, 5) is 4.07. The molecule has 4 nitrogen and oxygen atoms in total. The molecule has 0 saturated carbocycles. The van der Waals surface area contributed by atoms with Gasteiger partial charge in [-0.2, -0.15) is 9.47 Å². The van der Waals surface area contributed by atoms with Gasteiger partial charge in [0.15, 0.2) is 5.01 Å². The lowest BCUT2D eigenvalue weighted by molar-refractivity contribution is 0.742. The van der Waals surface area contributed by atoms with Crippen molar-refractivity contribution < 1.29 is 0 Å². The predicted molar refractivity (Wildman–Crippen MR) is 46.8 cm³/mol. The van der Waals surface area contributed by atoms with E-state index >= 15 is 0 Å². The van der Waals surface area contributed by atoms with Gasteiger partial charge in [-0.05, 0) is 24.5 Å². The van der Waals surface area contributed by atoms with Gasteiger partial charge in [0.2, 0.25) is 0 Å². The third-order valence-corrected chi connectivity index (χ3v) is 2.38. The maximum atomic E-state index is 4.28. The molecule has 0 atom stereocenters. The van der Waals surface area contributed by atoms with E-state index in [0.29, 0.717) is 0 Å². The summed E-state index contributed by atoms with van der Waals surface area (Å²) in [5, 5.41) is 5.15. The van der Waals surface area contributed by atoms with E-state index in [2.05, 4.69) is 14.5 Å². The normalized spacial score (nSPS) is 10.5. The summed E-state index contributed by atoms with van der Waals surface area (Å²) in [6.45, 7) is 2.01. The topological polar surface area (TPSA) is 43.6 Å². The Morgan fingerprint density at radius 2 is 2.33 bits per heavy atom. The maximum absolute atomic E-state index is 4.28. The van der Waals surface area contributed by atoms with E-state index in [0.717, 1.165) is 16.4 Å². The zero-order valence-corrected chi connectivity index (χ0v) is 7.67. The third kappa shape index (κ3) is 1.12. The number of nitrogens with zero attached hydrogens (tertiary/aromatic N) is 4. The van der Waals surface area contributed by atoms with Gasteiger partial charge in [-0.15, -0.1) is 0 Å². The van der Waals surface area contributed by atoms with Crippen molar-refractivity contribution in [3.63, 3.8) is 0 Å². The summed E-state index contributed by atoms with van der Waals surface area (Å²) in [7, 11) is 1.92. The summed E-state index contributed by atoms with van der Waals surface area (Å²) in [6, 6.07) is 2.00. The van der Waals surface area contributed by atoms with Gasteiger partial charge in [0.05, 0.1) is 0 Å². The van der Waals surface area contributed by atoms with Gasteiger partial charge in [-0.1, -0.05) is 0 Å². The van der Waals surface area contributed by atoms with Crippen LogP contribution in [0.4, 0.5) is 0 Å². The quantitative estimate of drug-likeness (QED) is 0.663. The van der Waals surface area contributed by atoms with Crippen LogP contribution in [0.25, 0.3) is 10.7 Å². The highest BCUT2D eigenvalue weighted by Gasteiger charge is 2.06. The second kappa shape index (κ2) is 2.67. The number of hydrogen-bond donors (Lipinski definition) is 0. The molecule has 0 spiro atoms. The first-order valence-electron chi connectivity index (χ1n) is 3.55. The molecular formula is C7H8N4S. The molecule has 5 heteroatoms. The first-order valence-corrected chi connectivity index (χ1v) is 4.32. The van der Waals surface area contributed by atoms with Crippen LogP contribution in [0, 0.1) is 6.92 Å². The second-order valence-electron chi connectivity index (χ2n) is 2.54. The molecule has 62 valence electrons. The molecule has 0 aromatic carbocycles. The zero-order chi connectivity index (χ0) is 8.55. The lowest BCUT2D eigenvalue weighted by atomic mass is 10.4. The van der Waals surface area contributed by atoms with E-state index in [1.54, 1.807) is 6.33 Å². The molecule has 2 heterocycles. The van der Waals surface area contributed by atoms with Crippen molar-refractivity contribution in [3.8, 4) is 10.7 Å². The Hall–Kier alpha value is -1.23. The number of aromatic nitrogens is 4. The molecule has 0 fully saturated rings. The van der Waals surface area contributed by atoms with Crippen LogP contribution in [-0.2, 0) is 7.05 Å². The minimum absolute atomic E-state index is 0.874. The van der Waals surface area contributed by atoms with E-state index in [-0.39, 0.29) is 0 Å². The molecular weight excluding hydrogens is 172 g/mol. The fourth-order valence-electron chi connectivity index (χ4n) is 0.951. The lowest BCUT2D eigenvalue weighted by Gasteiger charge is -1.88. The highest BCUT2D eigenvalue weighted by molar-refractivity contribution is 7.09. The van der Waals surface area contributed by atoms with Crippen LogP contribution in [0.2, 0.25) is 0 Å². The van der Waals surface area contributed by atoms with Gasteiger partial charge < -0.3 is 0 Å². The molecule has 0 N–H and O–H groups in total. The monoisotopic (exact) mass is 180 g/mol. The van der Waals surface area contributed by atoms with Crippen LogP contribution >= 0.6 is 11.5 Å². The lowest BCUT2D eigenvalue weighted by Crippen LogP contribution is -1.91. The van der Waals surface area contributed by atoms with Crippen molar-refractivity contribution in [2.24, 2.45) is 7.05 Å². The molecule has 2 aromatic rings. The fraction of sp³-hybridized carbons (Fsp3) is 0.286. The van der Waals surface area contributed by atoms with Gasteiger partial charge in [0, 0.05) is 12.7 Å². The van der Waals surface area contributed by atoms with Crippen molar-refractivity contribution in [2.75, 3.05) is 0 Å². The largest absolute Gasteiger partial charge is 0.272 e. The first kappa shape index (κ1) is 7.42. The zero-order valence-electron chi connectivity index (χ0n) is 6.85. The van der Waals surface area contributed by atoms with Gasteiger partial charge in [0.25, 0.3) is 0 Å². The molecule has 0 aliphatic carbocycles. The third-order valence-electron chi connectivity index (χ3n) is 1.69. The molecule has 0 aliphatic rings. The molecule has 0 aliphatic heterocycles. The Balaban J connectivity index is 2.48. The van der Waals surface area contributed by atoms with Gasteiger partial charge in [-0.3, -0.25) is 4.68 Å². The second-order valence-corrected chi connectivity index (χ2v) is 3.32. The highest BCUT2D eigenvalue weighted by Crippen LogP contribution is 2.18. The van der Waals surface area contributed by atoms with Crippen molar-refractivity contribution >= 4 is 11.5 Å². The van der Waals surface area contributed by atoms with Crippen LogP contribution in [0.1, 0.15) is 5.69 Å². The summed E-state index contributed by atoms with van der Waals surface area (Å²) >= 11 is 1.36. The van der Waals surface area contributed by atoms with Crippen LogP contribution in [-0.4, -0.2) is 19.1 Å². The van der Waals surface area contributed by atoms with Gasteiger partial charge in [0.1, 0.15) is 12.0 Å². The Kier molecular flexibility index (Phi) is 1.65. The summed E-state index contributed by atoms with van der Waals surface area (Å²) in [6.07, 6.45) is 1.55. The minimum Gasteiger partial charge on any atom is -0.272 e. The predicted octanol–water partition coefficient (Wildman–Crippen LogP) is 1.25. The molecule has 0 amide bonds. The Bertz CT molecular complexity index is 357. The summed E-state index contributed by atoms with van der Waals surface area (Å²) in [5.41, 5.74) is 2.03. The molecule has 2 rings (SSSR count). The number of aryl methyl sites for hydroxylation is 2. The van der Waals surface area contributed by atoms with Gasteiger partial charge in [-0.25, -0.2) is 4.98 Å². The SMILES string of the molecule is Cc1cc(-c2ncns2)nn1C. The number of hydrogen-bond acceptors (Lipinski definition) is 4. The highest BCUT2D eigenvalue weighted by atomic mass is 32.1. The Labute approximate surface area is 74.0 Å². The average Bonchev–Trinajstić information content (AvgIpc) is 2.61. The van der Waals surface area contributed by atoms with Crippen LogP contribution in [0.3, 0.4) is 0 Å². The maximum Gasteiger partial charge on any atom is 0.163 e. The van der Waals surface area contributed by atoms with Crippen LogP contribution in [0.15, 0.2) is 12.4 Å². The van der Waals surface area contributed by atoms with E-state index in [9.17, 15) is 0 Å². The van der Waals surface area contributed by atoms with E-state index in [1.807, 2.05) is 24.7 Å². The fourth-order valence-corrected chi connectivity index (χ4v) is 1.43. The summed E-state index contributed by atoms with van der Waals surface area (Å²) < 4.78 is 5.75. The van der Waals surface area contributed by atoms with Gasteiger partial charge >= 0.3 is 0 Å². The molecule has 0 bridgehead atoms. The Morgan fingerprint density at radius 3 is 2.83 bits per heavy atom. The van der Waals surface area contributed by atoms with Crippen molar-refractivity contribution in [1.29, 1.82) is 0 Å². The van der Waals surface area contributed by atoms with Crippen LogP contribution in [0.5, 0.6) is 0 Å². The van der Waals surface area contributed by atoms with Crippen molar-refractivity contribution in [2.45, 2.75) is 6.92 Å². The van der Waals surface area contributed by atoms with E-state index < -0.39 is 0 Å². The first-order chi connectivity index (χ1) is 5.77. The molecule has 0 unspecified atom stereocenters. The molecule has 0 saturated heterocycles. The van der Waals surface area contributed by atoms with Crippen LogP contribution < -0.4 is 0 Å². The van der Waals surface area contributed by atoms with Crippen molar-refractivity contribution in [3.05, 3.63) is 18.1 Å². The smallest absolute Gasteiger partial charge is 0.163 e. The van der Waals surface area contributed by atoms with E-state index in [4.69, 9.17) is 0 Å². The standard InChI is InChI=1S/C7H8N4S/c1-5-3-6(10-11(5)2)7-8-4-9-12-7/h3-4H,1-2H3. The Morgan fingerprint density at radius 1 is 1.50 bits per heavy atom. The molecule has 0 radical (unpaired) electrons. The molecule has 2 aromatic heterocycles.